The van der Waals surface area contributed by atoms with Gasteiger partial charge in [-0.2, -0.15) is 0 Å². The van der Waals surface area contributed by atoms with Gasteiger partial charge < -0.3 is 20.1 Å². The van der Waals surface area contributed by atoms with Gasteiger partial charge in [-0.15, -0.1) is 20.1 Å². The lowest BCUT2D eigenvalue weighted by atomic mass is 10.2. The number of thiophene rings is 1. The molecule has 1 aromatic carbocycles. The van der Waals surface area contributed by atoms with Crippen LogP contribution in [0.4, 0.5) is 14.5 Å². The first-order valence-corrected chi connectivity index (χ1v) is 7.78. The van der Waals surface area contributed by atoms with Crippen LogP contribution in [-0.4, -0.2) is 24.2 Å². The number of rotatable bonds is 4. The van der Waals surface area contributed by atoms with E-state index in [-0.39, 0.29) is 17.2 Å². The summed E-state index contributed by atoms with van der Waals surface area (Å²) in [6.07, 6.45) is -3.78. The van der Waals surface area contributed by atoms with E-state index in [2.05, 4.69) is 20.1 Å². The second-order valence-corrected chi connectivity index (χ2v) is 5.91. The van der Waals surface area contributed by atoms with Gasteiger partial charge in [-0.1, -0.05) is 12.1 Å². The van der Waals surface area contributed by atoms with E-state index in [4.69, 9.17) is 0 Å². The molecule has 126 valence electrons. The molecule has 0 saturated carbocycles. The number of ether oxygens (including phenoxy) is 2. The maximum Gasteiger partial charge on any atom is 0.586 e. The number of carbonyl (C=O) groups is 2. The molecule has 0 saturated heterocycles. The normalized spacial score (nSPS) is 15.6. The van der Waals surface area contributed by atoms with Gasteiger partial charge in [-0.3, -0.25) is 9.59 Å². The van der Waals surface area contributed by atoms with E-state index in [1.807, 2.05) is 0 Å². The third-order valence-electron chi connectivity index (χ3n) is 3.17. The van der Waals surface area contributed by atoms with E-state index < -0.39 is 24.2 Å². The Morgan fingerprint density at radius 3 is 2.71 bits per heavy atom. The van der Waals surface area contributed by atoms with Gasteiger partial charge in [0.05, 0.1) is 10.6 Å². The summed E-state index contributed by atoms with van der Waals surface area (Å²) in [5, 5.41) is 6.71. The van der Waals surface area contributed by atoms with Gasteiger partial charge in [0.25, 0.3) is 5.91 Å². The van der Waals surface area contributed by atoms with E-state index in [1.54, 1.807) is 17.5 Å². The smallest absolute Gasteiger partial charge is 0.395 e. The highest BCUT2D eigenvalue weighted by Crippen LogP contribution is 2.45. The van der Waals surface area contributed by atoms with Crippen molar-refractivity contribution in [3.8, 4) is 11.5 Å². The van der Waals surface area contributed by atoms with Crippen molar-refractivity contribution in [3.63, 3.8) is 0 Å². The highest BCUT2D eigenvalue weighted by atomic mass is 32.1. The molecule has 6 nitrogen and oxygen atoms in total. The Hall–Kier alpha value is -2.68. The summed E-state index contributed by atoms with van der Waals surface area (Å²) in [6, 6.07) is 6.60. The fourth-order valence-corrected chi connectivity index (χ4v) is 2.68. The molecule has 1 aromatic heterocycles. The summed E-state index contributed by atoms with van der Waals surface area (Å²) in [5.74, 6) is -1.40. The van der Waals surface area contributed by atoms with Crippen LogP contribution in [0.25, 0.3) is 0 Å². The fourth-order valence-electron chi connectivity index (χ4n) is 2.05. The molecule has 24 heavy (non-hydrogen) atoms. The predicted molar refractivity (Wildman–Crippen MR) is 82.5 cm³/mol. The van der Waals surface area contributed by atoms with Crippen molar-refractivity contribution in [2.75, 3.05) is 5.32 Å². The Balaban J connectivity index is 1.68. The number of anilines is 1. The van der Waals surface area contributed by atoms with Crippen molar-refractivity contribution in [3.05, 3.63) is 40.6 Å². The number of carbonyl (C=O) groups excluding carboxylic acids is 2. The van der Waals surface area contributed by atoms with Crippen LogP contribution in [0.3, 0.4) is 0 Å². The van der Waals surface area contributed by atoms with E-state index in [9.17, 15) is 18.4 Å². The van der Waals surface area contributed by atoms with Crippen molar-refractivity contribution < 1.29 is 27.8 Å². The van der Waals surface area contributed by atoms with Crippen molar-refractivity contribution in [1.29, 1.82) is 0 Å². The summed E-state index contributed by atoms with van der Waals surface area (Å²) < 4.78 is 35.0. The highest BCUT2D eigenvalue weighted by molar-refractivity contribution is 7.12. The number of hydrogen-bond acceptors (Lipinski definition) is 5. The van der Waals surface area contributed by atoms with Crippen LogP contribution in [0.5, 0.6) is 11.5 Å². The molecular weight excluding hydrogens is 342 g/mol. The molecule has 2 heterocycles. The molecule has 2 aromatic rings. The molecule has 1 atom stereocenters. The molecule has 9 heteroatoms. The molecule has 1 unspecified atom stereocenters. The van der Waals surface area contributed by atoms with Gasteiger partial charge in [-0.05, 0) is 30.5 Å². The van der Waals surface area contributed by atoms with Crippen LogP contribution < -0.4 is 20.1 Å². The topological polar surface area (TPSA) is 76.7 Å². The number of para-hydroxylation sites is 1. The van der Waals surface area contributed by atoms with Crippen LogP contribution in [0, 0.1) is 0 Å². The number of fused-ring (bicyclic) bond motifs is 1. The second kappa shape index (κ2) is 6.08. The van der Waals surface area contributed by atoms with Crippen LogP contribution in [0.15, 0.2) is 35.7 Å². The van der Waals surface area contributed by atoms with Crippen LogP contribution in [0.1, 0.15) is 16.6 Å². The largest absolute Gasteiger partial charge is 0.586 e. The number of benzene rings is 1. The summed E-state index contributed by atoms with van der Waals surface area (Å²) >= 11 is 1.24. The van der Waals surface area contributed by atoms with Gasteiger partial charge in [0.1, 0.15) is 6.04 Å². The Morgan fingerprint density at radius 1 is 1.21 bits per heavy atom. The van der Waals surface area contributed by atoms with Crippen molar-refractivity contribution >= 4 is 28.8 Å². The van der Waals surface area contributed by atoms with Gasteiger partial charge in [-0.25, -0.2) is 0 Å². The average molecular weight is 354 g/mol. The molecular formula is C15H12F2N2O4S. The quantitative estimate of drug-likeness (QED) is 0.885. The number of hydrogen-bond donors (Lipinski definition) is 2. The van der Waals surface area contributed by atoms with Crippen LogP contribution in [0.2, 0.25) is 0 Å². The molecule has 2 amide bonds. The lowest BCUT2D eigenvalue weighted by molar-refractivity contribution is -0.286. The minimum absolute atomic E-state index is 0.0342. The lowest BCUT2D eigenvalue weighted by Crippen LogP contribution is -2.41. The molecule has 0 radical (unpaired) electrons. The minimum atomic E-state index is -3.78. The summed E-state index contributed by atoms with van der Waals surface area (Å²) in [4.78, 5) is 24.6. The third-order valence-corrected chi connectivity index (χ3v) is 4.04. The van der Waals surface area contributed by atoms with Gasteiger partial charge >= 0.3 is 6.29 Å². The first-order chi connectivity index (χ1) is 11.4. The zero-order valence-electron chi connectivity index (χ0n) is 12.3. The average Bonchev–Trinajstić information content (AvgIpc) is 3.13. The molecule has 3 rings (SSSR count). The number of halogens is 2. The van der Waals surface area contributed by atoms with E-state index >= 15 is 0 Å². The van der Waals surface area contributed by atoms with E-state index in [0.717, 1.165) is 0 Å². The molecule has 1 aliphatic heterocycles. The van der Waals surface area contributed by atoms with Gasteiger partial charge in [0.15, 0.2) is 11.5 Å². The first kappa shape index (κ1) is 16.2. The zero-order chi connectivity index (χ0) is 17.3. The molecule has 2 N–H and O–H groups in total. The molecule has 0 bridgehead atoms. The number of nitrogens with one attached hydrogen (secondary N) is 2. The predicted octanol–water partition coefficient (Wildman–Crippen LogP) is 2.83. The Kier molecular flexibility index (Phi) is 4.10. The maximum atomic E-state index is 13.1. The number of alkyl halides is 2. The Bertz CT molecular complexity index is 780. The summed E-state index contributed by atoms with van der Waals surface area (Å²) in [5.41, 5.74) is 0.0342. The third kappa shape index (κ3) is 3.30. The van der Waals surface area contributed by atoms with Gasteiger partial charge in [0.2, 0.25) is 5.91 Å². The SMILES string of the molecule is CC(NC(=O)c1cccs1)C(=O)Nc1cccc2c1OC(F)(F)O2. The molecule has 0 aliphatic carbocycles. The first-order valence-electron chi connectivity index (χ1n) is 6.90. The maximum absolute atomic E-state index is 13.1. The van der Waals surface area contributed by atoms with Crippen molar-refractivity contribution in [2.24, 2.45) is 0 Å². The highest BCUT2D eigenvalue weighted by Gasteiger charge is 2.44. The van der Waals surface area contributed by atoms with Crippen LogP contribution in [-0.2, 0) is 4.79 Å². The minimum Gasteiger partial charge on any atom is -0.395 e. The molecule has 0 spiro atoms. The fraction of sp³-hybridized carbons (Fsp3) is 0.200. The Morgan fingerprint density at radius 2 is 2.00 bits per heavy atom. The van der Waals surface area contributed by atoms with Gasteiger partial charge in [0, 0.05) is 0 Å². The Labute approximate surface area is 139 Å². The van der Waals surface area contributed by atoms with Crippen molar-refractivity contribution in [2.45, 2.75) is 19.3 Å². The summed E-state index contributed by atoms with van der Waals surface area (Å²) in [6.45, 7) is 1.48. The van der Waals surface area contributed by atoms with E-state index in [1.165, 1.54) is 36.5 Å². The number of amides is 2. The van der Waals surface area contributed by atoms with Crippen LogP contribution >= 0.6 is 11.3 Å². The molecule has 1 aliphatic rings. The molecule has 0 fully saturated rings. The summed E-state index contributed by atoms with van der Waals surface area (Å²) in [7, 11) is 0. The van der Waals surface area contributed by atoms with Crippen molar-refractivity contribution in [1.82, 2.24) is 5.32 Å². The second-order valence-electron chi connectivity index (χ2n) is 4.96. The monoisotopic (exact) mass is 354 g/mol. The lowest BCUT2D eigenvalue weighted by Gasteiger charge is -2.14. The zero-order valence-corrected chi connectivity index (χ0v) is 13.2. The van der Waals surface area contributed by atoms with E-state index in [0.29, 0.717) is 4.88 Å². The standard InChI is InChI=1S/C15H12F2N2O4S/c1-8(18-14(21)11-6-3-7-24-11)13(20)19-9-4-2-5-10-12(9)23-15(16,17)22-10/h2-8H,1H3,(H,18,21)(H,19,20).